The van der Waals surface area contributed by atoms with E-state index in [0.717, 1.165) is 26.4 Å². The van der Waals surface area contributed by atoms with Crippen LogP contribution in [0, 0.1) is 0 Å². The second kappa shape index (κ2) is 32.7. The normalized spacial score (nSPS) is 7.09. The molecule has 3 heteroatoms. The van der Waals surface area contributed by atoms with Gasteiger partial charge in [0.1, 0.15) is 0 Å². The summed E-state index contributed by atoms with van der Waals surface area (Å²) in [6, 6.07) is 0. The number of rotatable bonds is 3. The molecule has 0 bridgehead atoms. The van der Waals surface area contributed by atoms with Crippen LogP contribution in [0.2, 0.25) is 0 Å². The molecule has 0 aromatic rings. The zero-order valence-electron chi connectivity index (χ0n) is 7.88. The standard InChI is InChI=1S/C4H10O.C3H8O.CH4O/c1-2-3-4-5;1-2-3-4;1-2/h5H,2-4H2,1H3;4H,2-3H2,1H3;2H,1H3. The monoisotopic (exact) mass is 166 g/mol. The number of aliphatic hydroxyl groups is 3. The second-order valence-electron chi connectivity index (χ2n) is 1.80. The zero-order chi connectivity index (χ0) is 9.54. The average molecular weight is 166 g/mol. The fourth-order valence-corrected chi connectivity index (χ4v) is 0.158. The van der Waals surface area contributed by atoms with Crippen LogP contribution < -0.4 is 0 Å². The van der Waals surface area contributed by atoms with E-state index in [9.17, 15) is 0 Å². The van der Waals surface area contributed by atoms with Crippen molar-refractivity contribution in [2.75, 3.05) is 20.3 Å². The minimum absolute atomic E-state index is 0.319. The lowest BCUT2D eigenvalue weighted by Gasteiger charge is -1.79. The molecule has 0 aliphatic heterocycles. The molecule has 11 heavy (non-hydrogen) atoms. The maximum Gasteiger partial charge on any atom is 0.0430 e. The molecule has 0 aromatic carbocycles. The van der Waals surface area contributed by atoms with Gasteiger partial charge < -0.3 is 15.3 Å². The van der Waals surface area contributed by atoms with Crippen LogP contribution in [0.3, 0.4) is 0 Å². The lowest BCUT2D eigenvalue weighted by molar-refractivity contribution is 0.287. The number of aliphatic hydroxyl groups excluding tert-OH is 3. The van der Waals surface area contributed by atoms with Gasteiger partial charge in [-0.3, -0.25) is 0 Å². The molecule has 0 amide bonds. The van der Waals surface area contributed by atoms with Gasteiger partial charge >= 0.3 is 0 Å². The third kappa shape index (κ3) is 74.0. The first kappa shape index (κ1) is 17.1. The minimum atomic E-state index is 0.319. The molecule has 0 aromatic heterocycles. The van der Waals surface area contributed by atoms with Gasteiger partial charge in [0.25, 0.3) is 0 Å². The molecule has 72 valence electrons. The van der Waals surface area contributed by atoms with Crippen LogP contribution in [0.4, 0.5) is 0 Å². The van der Waals surface area contributed by atoms with E-state index in [4.69, 9.17) is 15.3 Å². The highest BCUT2D eigenvalue weighted by Gasteiger charge is 1.69. The summed E-state index contributed by atoms with van der Waals surface area (Å²) in [5, 5.41) is 22.9. The maximum absolute atomic E-state index is 8.07. The highest BCUT2D eigenvalue weighted by Crippen LogP contribution is 1.78. The van der Waals surface area contributed by atoms with Crippen LogP contribution in [0.15, 0.2) is 0 Å². The van der Waals surface area contributed by atoms with E-state index in [1.165, 1.54) is 0 Å². The Morgan fingerprint density at radius 2 is 1.18 bits per heavy atom. The summed E-state index contributed by atoms with van der Waals surface area (Å²) in [5.74, 6) is 0. The molecule has 0 spiro atoms. The Labute approximate surface area is 69.7 Å². The van der Waals surface area contributed by atoms with Crippen molar-refractivity contribution >= 4 is 0 Å². The predicted octanol–water partition coefficient (Wildman–Crippen LogP) is 0.776. The van der Waals surface area contributed by atoms with Gasteiger partial charge in [-0.2, -0.15) is 0 Å². The van der Waals surface area contributed by atoms with Gasteiger partial charge in [-0.25, -0.2) is 0 Å². The van der Waals surface area contributed by atoms with Gasteiger partial charge in [0.15, 0.2) is 0 Å². The fraction of sp³-hybridized carbons (Fsp3) is 1.00. The van der Waals surface area contributed by atoms with Gasteiger partial charge in [-0.15, -0.1) is 0 Å². The lowest BCUT2D eigenvalue weighted by atomic mass is 10.4. The molecule has 0 unspecified atom stereocenters. The van der Waals surface area contributed by atoms with Gasteiger partial charge in [-0.1, -0.05) is 20.3 Å². The Balaban J connectivity index is -0.0000000965. The van der Waals surface area contributed by atoms with Crippen LogP contribution >= 0.6 is 0 Å². The zero-order valence-corrected chi connectivity index (χ0v) is 7.88. The Bertz CT molecular complexity index is 28.5. The third-order valence-corrected chi connectivity index (χ3v) is 0.735. The molecule has 0 radical (unpaired) electrons. The van der Waals surface area contributed by atoms with Crippen molar-refractivity contribution in [3.8, 4) is 0 Å². The van der Waals surface area contributed by atoms with Crippen molar-refractivity contribution in [1.29, 1.82) is 0 Å². The predicted molar refractivity (Wildman–Crippen MR) is 47.5 cm³/mol. The minimum Gasteiger partial charge on any atom is -0.400 e. The molecule has 0 heterocycles. The lowest BCUT2D eigenvalue weighted by Crippen LogP contribution is -1.75. The molecule has 0 fully saturated rings. The number of hydrogen-bond acceptors (Lipinski definition) is 3. The van der Waals surface area contributed by atoms with Crippen LogP contribution in [0.5, 0.6) is 0 Å². The first-order chi connectivity index (χ1) is 5.33. The van der Waals surface area contributed by atoms with Crippen molar-refractivity contribution < 1.29 is 15.3 Å². The SMILES string of the molecule is CCCCO.CCCO.CO. The van der Waals surface area contributed by atoms with Crippen molar-refractivity contribution in [3.05, 3.63) is 0 Å². The molecule has 0 rings (SSSR count). The topological polar surface area (TPSA) is 60.7 Å². The third-order valence-electron chi connectivity index (χ3n) is 0.735. The average Bonchev–Trinajstić information content (AvgIpc) is 2.10. The van der Waals surface area contributed by atoms with Crippen LogP contribution in [0.1, 0.15) is 33.1 Å². The van der Waals surface area contributed by atoms with Crippen molar-refractivity contribution in [2.45, 2.75) is 33.1 Å². The summed E-state index contributed by atoms with van der Waals surface area (Å²) >= 11 is 0. The van der Waals surface area contributed by atoms with Crippen molar-refractivity contribution in [2.24, 2.45) is 0 Å². The summed E-state index contributed by atoms with van der Waals surface area (Å²) in [4.78, 5) is 0. The highest BCUT2D eigenvalue weighted by atomic mass is 16.3. The summed E-state index contributed by atoms with van der Waals surface area (Å²) in [6.45, 7) is 4.65. The summed E-state index contributed by atoms with van der Waals surface area (Å²) in [5.41, 5.74) is 0. The second-order valence-corrected chi connectivity index (χ2v) is 1.80. The molecule has 0 saturated carbocycles. The van der Waals surface area contributed by atoms with E-state index in [-0.39, 0.29) is 0 Å². The Morgan fingerprint density at radius 3 is 1.18 bits per heavy atom. The Morgan fingerprint density at radius 1 is 0.818 bits per heavy atom. The van der Waals surface area contributed by atoms with Crippen LogP contribution in [0.25, 0.3) is 0 Å². The fourth-order valence-electron chi connectivity index (χ4n) is 0.158. The Hall–Kier alpha value is -0.120. The number of unbranched alkanes of at least 4 members (excludes halogenated alkanes) is 1. The van der Waals surface area contributed by atoms with Crippen molar-refractivity contribution in [3.63, 3.8) is 0 Å². The summed E-state index contributed by atoms with van der Waals surface area (Å²) < 4.78 is 0. The molecule has 0 aliphatic rings. The first-order valence-electron chi connectivity index (χ1n) is 3.99. The van der Waals surface area contributed by atoms with Gasteiger partial charge in [0, 0.05) is 20.3 Å². The smallest absolute Gasteiger partial charge is 0.0430 e. The highest BCUT2D eigenvalue weighted by molar-refractivity contribution is 4.23. The van der Waals surface area contributed by atoms with E-state index in [1.807, 2.05) is 6.92 Å². The summed E-state index contributed by atoms with van der Waals surface area (Å²) in [6.07, 6.45) is 2.91. The van der Waals surface area contributed by atoms with Gasteiger partial charge in [0.05, 0.1) is 0 Å². The van der Waals surface area contributed by atoms with Crippen molar-refractivity contribution in [1.82, 2.24) is 0 Å². The molecule has 3 nitrogen and oxygen atoms in total. The van der Waals surface area contributed by atoms with E-state index < -0.39 is 0 Å². The molecular formula is C8H22O3. The summed E-state index contributed by atoms with van der Waals surface area (Å²) in [7, 11) is 1.00. The molecular weight excluding hydrogens is 144 g/mol. The van der Waals surface area contributed by atoms with Gasteiger partial charge in [0.2, 0.25) is 0 Å². The quantitative estimate of drug-likeness (QED) is 0.580. The van der Waals surface area contributed by atoms with Gasteiger partial charge in [-0.05, 0) is 12.8 Å². The first-order valence-corrected chi connectivity index (χ1v) is 3.99. The Kier molecular flexibility index (Phi) is 50.9. The molecule has 0 aliphatic carbocycles. The van der Waals surface area contributed by atoms with Crippen LogP contribution in [-0.2, 0) is 0 Å². The van der Waals surface area contributed by atoms with E-state index in [2.05, 4.69) is 6.92 Å². The largest absolute Gasteiger partial charge is 0.400 e. The van der Waals surface area contributed by atoms with E-state index in [1.54, 1.807) is 0 Å². The van der Waals surface area contributed by atoms with Crippen LogP contribution in [-0.4, -0.2) is 35.6 Å². The molecule has 0 saturated heterocycles. The number of hydrogen-bond donors (Lipinski definition) is 3. The molecule has 3 N–H and O–H groups in total. The molecule has 0 atom stereocenters. The van der Waals surface area contributed by atoms with E-state index >= 15 is 0 Å². The maximum atomic E-state index is 8.07. The van der Waals surface area contributed by atoms with E-state index in [0.29, 0.717) is 13.2 Å².